The Labute approximate surface area is 86.2 Å². The van der Waals surface area contributed by atoms with Crippen LogP contribution in [0.3, 0.4) is 0 Å². The molecule has 0 bridgehead atoms. The lowest BCUT2D eigenvalue weighted by Gasteiger charge is -2.12. The van der Waals surface area contributed by atoms with Gasteiger partial charge in [-0.05, 0) is 12.1 Å². The van der Waals surface area contributed by atoms with Crippen molar-refractivity contribution in [3.05, 3.63) is 24.0 Å². The van der Waals surface area contributed by atoms with Gasteiger partial charge in [-0.2, -0.15) is 0 Å². The number of rotatable bonds is 5. The van der Waals surface area contributed by atoms with Gasteiger partial charge in [-0.15, -0.1) is 0 Å². The lowest BCUT2D eigenvalue weighted by Crippen LogP contribution is -2.43. The molecule has 0 spiro atoms. The molecule has 0 aliphatic rings. The number of methoxy groups -OCH3 is 1. The fraction of sp³-hybridized carbons (Fsp3) is 0.333. The van der Waals surface area contributed by atoms with Gasteiger partial charge in [0.1, 0.15) is 5.69 Å². The highest BCUT2D eigenvalue weighted by Crippen LogP contribution is 1.95. The summed E-state index contributed by atoms with van der Waals surface area (Å²) in [7, 11) is 1.37. The molecule has 0 aliphatic carbocycles. The van der Waals surface area contributed by atoms with Gasteiger partial charge in [0.05, 0.1) is 6.61 Å². The fourth-order valence-corrected chi connectivity index (χ4v) is 1.05. The van der Waals surface area contributed by atoms with E-state index in [2.05, 4.69) is 15.0 Å². The van der Waals surface area contributed by atoms with Gasteiger partial charge < -0.3 is 20.1 Å². The van der Waals surface area contributed by atoms with Crippen molar-refractivity contribution in [1.29, 1.82) is 0 Å². The molecule has 1 aromatic rings. The van der Waals surface area contributed by atoms with Crippen molar-refractivity contribution in [2.24, 2.45) is 0 Å². The van der Waals surface area contributed by atoms with Crippen LogP contribution in [0.5, 0.6) is 0 Å². The molecule has 1 aromatic heterocycles. The first-order valence-corrected chi connectivity index (χ1v) is 4.31. The molecule has 1 unspecified atom stereocenters. The molecule has 1 rings (SSSR count). The van der Waals surface area contributed by atoms with Crippen molar-refractivity contribution >= 4 is 11.9 Å². The first-order chi connectivity index (χ1) is 7.15. The summed E-state index contributed by atoms with van der Waals surface area (Å²) in [6, 6.07) is 2.17. The van der Waals surface area contributed by atoms with Crippen molar-refractivity contribution in [1.82, 2.24) is 10.3 Å². The molecular formula is C9H12N2O4. The number of hydrogen-bond donors (Lipinski definition) is 3. The van der Waals surface area contributed by atoms with E-state index < -0.39 is 17.9 Å². The van der Waals surface area contributed by atoms with Gasteiger partial charge in [0, 0.05) is 13.3 Å². The number of aromatic amines is 1. The topological polar surface area (TPSA) is 91.4 Å². The SMILES string of the molecule is COCC(NC(=O)c1ccc[nH]1)C(=O)O. The minimum atomic E-state index is -1.13. The number of carbonyl (C=O) groups excluding carboxylic acids is 1. The van der Waals surface area contributed by atoms with Crippen LogP contribution in [0.1, 0.15) is 10.5 Å². The maximum Gasteiger partial charge on any atom is 0.328 e. The van der Waals surface area contributed by atoms with E-state index >= 15 is 0 Å². The second-order valence-electron chi connectivity index (χ2n) is 2.90. The quantitative estimate of drug-likeness (QED) is 0.632. The van der Waals surface area contributed by atoms with Crippen LogP contribution >= 0.6 is 0 Å². The first-order valence-electron chi connectivity index (χ1n) is 4.31. The van der Waals surface area contributed by atoms with Gasteiger partial charge in [-0.25, -0.2) is 4.79 Å². The van der Waals surface area contributed by atoms with Crippen LogP contribution < -0.4 is 5.32 Å². The third-order valence-corrected chi connectivity index (χ3v) is 1.78. The van der Waals surface area contributed by atoms with Gasteiger partial charge in [-0.1, -0.05) is 0 Å². The molecule has 0 aromatic carbocycles. The Hall–Kier alpha value is -1.82. The van der Waals surface area contributed by atoms with Gasteiger partial charge in [0.25, 0.3) is 5.91 Å². The number of amides is 1. The number of carboxylic acids is 1. The number of aliphatic carboxylic acids is 1. The summed E-state index contributed by atoms with van der Waals surface area (Å²) >= 11 is 0. The molecule has 0 fully saturated rings. The van der Waals surface area contributed by atoms with Crippen molar-refractivity contribution in [2.75, 3.05) is 13.7 Å². The Morgan fingerprint density at radius 3 is 2.87 bits per heavy atom. The molecule has 0 radical (unpaired) electrons. The largest absolute Gasteiger partial charge is 0.480 e. The smallest absolute Gasteiger partial charge is 0.328 e. The number of aromatic nitrogens is 1. The zero-order chi connectivity index (χ0) is 11.3. The molecule has 0 saturated heterocycles. The molecule has 0 aliphatic heterocycles. The molecule has 1 atom stereocenters. The van der Waals surface area contributed by atoms with Crippen molar-refractivity contribution in [3.8, 4) is 0 Å². The number of ether oxygens (including phenoxy) is 1. The summed E-state index contributed by atoms with van der Waals surface area (Å²) < 4.78 is 4.68. The molecule has 1 amide bonds. The van der Waals surface area contributed by atoms with Crippen LogP contribution in [-0.4, -0.2) is 41.7 Å². The third kappa shape index (κ3) is 3.10. The normalized spacial score (nSPS) is 12.1. The Morgan fingerprint density at radius 1 is 1.67 bits per heavy atom. The first kappa shape index (κ1) is 11.3. The average molecular weight is 212 g/mol. The fourth-order valence-electron chi connectivity index (χ4n) is 1.05. The van der Waals surface area contributed by atoms with Gasteiger partial charge in [0.15, 0.2) is 6.04 Å². The summed E-state index contributed by atoms with van der Waals surface area (Å²) in [5, 5.41) is 11.1. The monoisotopic (exact) mass is 212 g/mol. The molecule has 3 N–H and O–H groups in total. The Bertz CT molecular complexity index is 334. The highest BCUT2D eigenvalue weighted by Gasteiger charge is 2.20. The number of carbonyl (C=O) groups is 2. The lowest BCUT2D eigenvalue weighted by atomic mass is 10.3. The third-order valence-electron chi connectivity index (χ3n) is 1.78. The van der Waals surface area contributed by atoms with Gasteiger partial charge >= 0.3 is 5.97 Å². The van der Waals surface area contributed by atoms with Crippen LogP contribution in [0.15, 0.2) is 18.3 Å². The molecule has 82 valence electrons. The molecule has 0 saturated carbocycles. The number of nitrogens with one attached hydrogen (secondary N) is 2. The standard InChI is InChI=1S/C9H12N2O4/c1-15-5-7(9(13)14)11-8(12)6-3-2-4-10-6/h2-4,7,10H,5H2,1H3,(H,11,12)(H,13,14). The van der Waals surface area contributed by atoms with E-state index in [1.165, 1.54) is 7.11 Å². The van der Waals surface area contributed by atoms with Crippen molar-refractivity contribution in [3.63, 3.8) is 0 Å². The highest BCUT2D eigenvalue weighted by atomic mass is 16.5. The zero-order valence-electron chi connectivity index (χ0n) is 8.19. The lowest BCUT2D eigenvalue weighted by molar-refractivity contribution is -0.140. The molecule has 1 heterocycles. The minimum absolute atomic E-state index is 0.0677. The van der Waals surface area contributed by atoms with Crippen molar-refractivity contribution < 1.29 is 19.4 Å². The molecule has 6 heteroatoms. The number of H-pyrrole nitrogens is 1. The molecule has 6 nitrogen and oxygen atoms in total. The maximum atomic E-state index is 11.4. The summed E-state index contributed by atoms with van der Waals surface area (Å²) in [6.45, 7) is -0.0677. The van der Waals surface area contributed by atoms with E-state index in [0.717, 1.165) is 0 Å². The highest BCUT2D eigenvalue weighted by molar-refractivity contribution is 5.95. The van der Waals surface area contributed by atoms with E-state index in [1.807, 2.05) is 0 Å². The Kier molecular flexibility index (Phi) is 3.87. The summed E-state index contributed by atoms with van der Waals surface area (Å²) in [4.78, 5) is 24.8. The van der Waals surface area contributed by atoms with E-state index in [1.54, 1.807) is 18.3 Å². The minimum Gasteiger partial charge on any atom is -0.480 e. The number of hydrogen-bond acceptors (Lipinski definition) is 3. The Morgan fingerprint density at radius 2 is 2.40 bits per heavy atom. The Balaban J connectivity index is 2.59. The zero-order valence-corrected chi connectivity index (χ0v) is 8.19. The predicted octanol–water partition coefficient (Wildman–Crippen LogP) is -0.156. The van der Waals surface area contributed by atoms with Crippen LogP contribution in [-0.2, 0) is 9.53 Å². The second-order valence-corrected chi connectivity index (χ2v) is 2.90. The van der Waals surface area contributed by atoms with E-state index in [-0.39, 0.29) is 6.61 Å². The summed E-state index contributed by atoms with van der Waals surface area (Å²) in [5.41, 5.74) is 0.317. The maximum absolute atomic E-state index is 11.4. The average Bonchev–Trinajstić information content (AvgIpc) is 2.69. The van der Waals surface area contributed by atoms with Crippen LogP contribution in [0.2, 0.25) is 0 Å². The van der Waals surface area contributed by atoms with Crippen LogP contribution in [0, 0.1) is 0 Å². The van der Waals surface area contributed by atoms with Crippen molar-refractivity contribution in [2.45, 2.75) is 6.04 Å². The van der Waals surface area contributed by atoms with Gasteiger partial charge in [0.2, 0.25) is 0 Å². The van der Waals surface area contributed by atoms with E-state index in [4.69, 9.17) is 5.11 Å². The number of carboxylic acid groups (broad SMARTS) is 1. The second kappa shape index (κ2) is 5.16. The predicted molar refractivity (Wildman–Crippen MR) is 51.6 cm³/mol. The molecule has 15 heavy (non-hydrogen) atoms. The van der Waals surface area contributed by atoms with E-state index in [9.17, 15) is 9.59 Å². The van der Waals surface area contributed by atoms with Crippen LogP contribution in [0.25, 0.3) is 0 Å². The van der Waals surface area contributed by atoms with E-state index in [0.29, 0.717) is 5.69 Å². The van der Waals surface area contributed by atoms with Gasteiger partial charge in [-0.3, -0.25) is 4.79 Å². The summed E-state index contributed by atoms with van der Waals surface area (Å²) in [5.74, 6) is -1.60. The molecular weight excluding hydrogens is 200 g/mol. The summed E-state index contributed by atoms with van der Waals surface area (Å²) in [6.07, 6.45) is 1.58. The van der Waals surface area contributed by atoms with Crippen LogP contribution in [0.4, 0.5) is 0 Å².